The van der Waals surface area contributed by atoms with Crippen LogP contribution < -0.4 is 56.5 Å². The Bertz CT molecular complexity index is 618. The van der Waals surface area contributed by atoms with Crippen molar-refractivity contribution in [3.05, 3.63) is 45.9 Å². The van der Waals surface area contributed by atoms with Gasteiger partial charge in [-0.3, -0.25) is 4.79 Å². The maximum absolute atomic E-state index is 12.2. The summed E-state index contributed by atoms with van der Waals surface area (Å²) in [5.74, 6) is -1.70. The van der Waals surface area contributed by atoms with E-state index in [2.05, 4.69) is 0 Å². The number of aromatic nitrogens is 1. The van der Waals surface area contributed by atoms with E-state index in [4.69, 9.17) is 0 Å². The number of hydrogen-bond donors (Lipinski definition) is 0. The van der Waals surface area contributed by atoms with E-state index in [9.17, 15) is 14.7 Å². The molecule has 2 aromatic rings. The smallest absolute Gasteiger partial charge is 0.549 e. The maximum Gasteiger partial charge on any atom is 1.00 e. The van der Waals surface area contributed by atoms with Gasteiger partial charge in [-0.25, -0.2) is 0 Å². The summed E-state index contributed by atoms with van der Waals surface area (Å²) in [5, 5.41) is 12.8. The number of ketones is 1. The summed E-state index contributed by atoms with van der Waals surface area (Å²) in [7, 11) is 0. The number of hydrogen-bond acceptors (Lipinski definition) is 4. The Balaban J connectivity index is 0.00000133. The molecule has 0 saturated carbocycles. The molecule has 0 spiro atoms. The molecule has 0 fully saturated rings. The van der Waals surface area contributed by atoms with Gasteiger partial charge in [0.15, 0.2) is 0 Å². The minimum absolute atomic E-state index is 0. The van der Waals surface area contributed by atoms with Crippen LogP contribution in [0.3, 0.4) is 0 Å². The van der Waals surface area contributed by atoms with Gasteiger partial charge in [0.25, 0.3) is 0 Å². The summed E-state index contributed by atoms with van der Waals surface area (Å²) in [6, 6.07) is 7.02. The molecule has 1 unspecified atom stereocenters. The van der Waals surface area contributed by atoms with Gasteiger partial charge in [-0.05, 0) is 30.0 Å². The molecule has 1 atom stereocenters. The summed E-state index contributed by atoms with van der Waals surface area (Å²) in [5.41, 5.74) is 1.24. The Kier molecular flexibility index (Phi) is 4.81. The third-order valence-corrected chi connectivity index (χ3v) is 4.14. The van der Waals surface area contributed by atoms with E-state index in [0.717, 1.165) is 0 Å². The monoisotopic (exact) mass is 299 g/mol. The number of carbonyl (C=O) groups is 2. The average Bonchev–Trinajstić information content (AvgIpc) is 3.04. The fourth-order valence-electron chi connectivity index (χ4n) is 2.41. The molecule has 1 aliphatic rings. The van der Waals surface area contributed by atoms with Crippen molar-refractivity contribution in [2.75, 3.05) is 0 Å². The molecular weight excluding hydrogens is 289 g/mol. The second-order valence-electron chi connectivity index (χ2n) is 4.26. The van der Waals surface area contributed by atoms with Gasteiger partial charge in [0.2, 0.25) is 5.78 Å². The average molecular weight is 299 g/mol. The summed E-state index contributed by atoms with van der Waals surface area (Å²) in [6.07, 6.45) is 0.503. The molecule has 3 heterocycles. The molecule has 92 valence electrons. The molecule has 0 radical (unpaired) electrons. The number of carboxylic acid groups (broad SMARTS) is 1. The van der Waals surface area contributed by atoms with E-state index >= 15 is 0 Å². The number of carbonyl (C=O) groups excluding carboxylic acids is 2. The first-order valence-electron chi connectivity index (χ1n) is 5.67. The molecule has 19 heavy (non-hydrogen) atoms. The van der Waals surface area contributed by atoms with Crippen molar-refractivity contribution in [3.63, 3.8) is 0 Å². The van der Waals surface area contributed by atoms with Crippen LogP contribution in [0.25, 0.3) is 0 Å². The van der Waals surface area contributed by atoms with Gasteiger partial charge >= 0.3 is 51.4 Å². The fraction of sp³-hybridized carbons (Fsp3) is 0.231. The third-order valence-electron chi connectivity index (χ3n) is 3.27. The van der Waals surface area contributed by atoms with Crippen LogP contribution in [0.4, 0.5) is 0 Å². The second kappa shape index (κ2) is 6.03. The van der Waals surface area contributed by atoms with Crippen molar-refractivity contribution in [1.82, 2.24) is 4.57 Å². The summed E-state index contributed by atoms with van der Waals surface area (Å²) in [4.78, 5) is 23.9. The van der Waals surface area contributed by atoms with Gasteiger partial charge in [-0.2, -0.15) is 0 Å². The number of thiophene rings is 1. The van der Waals surface area contributed by atoms with E-state index < -0.39 is 11.9 Å². The van der Waals surface area contributed by atoms with Crippen LogP contribution in [-0.2, 0) is 11.3 Å². The minimum atomic E-state index is -1.07. The number of carboxylic acids is 1. The van der Waals surface area contributed by atoms with Crippen molar-refractivity contribution < 1.29 is 66.1 Å². The van der Waals surface area contributed by atoms with Gasteiger partial charge in [0.1, 0.15) is 0 Å². The summed E-state index contributed by atoms with van der Waals surface area (Å²) in [6.45, 7) is 0.563. The van der Waals surface area contributed by atoms with Crippen LogP contribution >= 0.6 is 11.3 Å². The number of rotatable bonds is 3. The quantitative estimate of drug-likeness (QED) is 0.487. The van der Waals surface area contributed by atoms with Crippen molar-refractivity contribution >= 4 is 23.1 Å². The van der Waals surface area contributed by atoms with Crippen molar-refractivity contribution in [2.45, 2.75) is 18.9 Å². The van der Waals surface area contributed by atoms with E-state index in [1.807, 2.05) is 11.4 Å². The predicted molar refractivity (Wildman–Crippen MR) is 64.5 cm³/mol. The van der Waals surface area contributed by atoms with Gasteiger partial charge in [0, 0.05) is 18.2 Å². The van der Waals surface area contributed by atoms with E-state index in [0.29, 0.717) is 29.2 Å². The van der Waals surface area contributed by atoms with Crippen molar-refractivity contribution in [2.24, 2.45) is 0 Å². The first-order chi connectivity index (χ1) is 8.68. The normalized spacial score (nSPS) is 16.7. The first-order valence-corrected chi connectivity index (χ1v) is 6.55. The van der Waals surface area contributed by atoms with Gasteiger partial charge < -0.3 is 14.5 Å². The van der Waals surface area contributed by atoms with Crippen LogP contribution in [0.1, 0.15) is 33.4 Å². The molecule has 0 amide bonds. The molecule has 0 aliphatic carbocycles. The van der Waals surface area contributed by atoms with Crippen LogP contribution in [0.5, 0.6) is 0 Å². The van der Waals surface area contributed by atoms with Crippen LogP contribution in [0.15, 0.2) is 29.6 Å². The molecule has 4 nitrogen and oxygen atoms in total. The third kappa shape index (κ3) is 2.65. The van der Waals surface area contributed by atoms with Gasteiger partial charge in [-0.15, -0.1) is 11.3 Å². The Morgan fingerprint density at radius 1 is 1.32 bits per heavy atom. The standard InChI is InChI=1S/C13H11NO3S.K/c15-12(11-2-1-7-18-11)10-4-3-9-8(13(16)17)5-6-14(9)10;/h1-4,7-8H,5-6H2,(H,16,17);/q;+1/p-1. The molecule has 2 aromatic heterocycles. The predicted octanol–water partition coefficient (Wildman–Crippen LogP) is -1.98. The van der Waals surface area contributed by atoms with Crippen LogP contribution in [-0.4, -0.2) is 16.3 Å². The molecule has 1 aliphatic heterocycles. The minimum Gasteiger partial charge on any atom is -0.549 e. The zero-order valence-electron chi connectivity index (χ0n) is 10.5. The number of nitrogens with zero attached hydrogens (tertiary/aromatic N) is 1. The molecule has 0 saturated heterocycles. The van der Waals surface area contributed by atoms with Crippen LogP contribution in [0, 0.1) is 0 Å². The van der Waals surface area contributed by atoms with Crippen molar-refractivity contribution in [3.8, 4) is 0 Å². The number of fused-ring (bicyclic) bond motifs is 1. The Morgan fingerprint density at radius 3 is 2.74 bits per heavy atom. The second-order valence-corrected chi connectivity index (χ2v) is 5.21. The Hall–Kier alpha value is -0.244. The van der Waals surface area contributed by atoms with E-state index in [1.165, 1.54) is 11.3 Å². The zero-order chi connectivity index (χ0) is 12.7. The molecule has 0 N–H and O–H groups in total. The SMILES string of the molecule is O=C(c1cccs1)c1ccc2n1CCC2C(=O)[O-].[K+]. The largest absolute Gasteiger partial charge is 1.00 e. The maximum atomic E-state index is 12.2. The zero-order valence-corrected chi connectivity index (χ0v) is 14.4. The van der Waals surface area contributed by atoms with E-state index in [1.54, 1.807) is 22.8 Å². The Labute approximate surface area is 156 Å². The van der Waals surface area contributed by atoms with Gasteiger partial charge in [0.05, 0.1) is 16.5 Å². The molecular formula is C13H10KNO3S. The summed E-state index contributed by atoms with van der Waals surface area (Å²) >= 11 is 1.39. The number of aliphatic carboxylic acids is 1. The molecule has 0 bridgehead atoms. The Morgan fingerprint density at radius 2 is 2.11 bits per heavy atom. The summed E-state index contributed by atoms with van der Waals surface area (Å²) < 4.78 is 1.79. The molecule has 6 heteroatoms. The topological polar surface area (TPSA) is 62.1 Å². The fourth-order valence-corrected chi connectivity index (χ4v) is 3.09. The van der Waals surface area contributed by atoms with Crippen molar-refractivity contribution in [1.29, 1.82) is 0 Å². The molecule has 3 rings (SSSR count). The molecule has 0 aromatic carbocycles. The van der Waals surface area contributed by atoms with Crippen LogP contribution in [0.2, 0.25) is 0 Å². The first kappa shape index (κ1) is 15.2. The van der Waals surface area contributed by atoms with E-state index in [-0.39, 0.29) is 57.2 Å². The van der Waals surface area contributed by atoms with Gasteiger partial charge in [-0.1, -0.05) is 6.07 Å².